The van der Waals surface area contributed by atoms with Gasteiger partial charge in [-0.3, -0.25) is 0 Å². The van der Waals surface area contributed by atoms with Gasteiger partial charge < -0.3 is 20.4 Å². The fraction of sp³-hybridized carbons (Fsp3) is 0.333. The molecule has 4 nitrogen and oxygen atoms in total. The van der Waals surface area contributed by atoms with Gasteiger partial charge in [0.05, 0.1) is 0 Å². The molecule has 8 aromatic carbocycles. The average molecular weight is 849 g/mol. The van der Waals surface area contributed by atoms with Crippen LogP contribution in [0.1, 0.15) is 150 Å². The smallest absolute Gasteiger partial charge is 0.123 e. The molecule has 0 aliphatic heterocycles. The second-order valence-electron chi connectivity index (χ2n) is 22.9. The topological polar surface area (TPSA) is 80.9 Å². The normalized spacial score (nSPS) is 13.9. The van der Waals surface area contributed by atoms with Gasteiger partial charge in [0.2, 0.25) is 0 Å². The van der Waals surface area contributed by atoms with Crippen molar-refractivity contribution < 1.29 is 20.4 Å². The summed E-state index contributed by atoms with van der Waals surface area (Å²) in [5.41, 5.74) is 9.80. The molecule has 0 spiro atoms. The van der Waals surface area contributed by atoms with Crippen LogP contribution in [0.4, 0.5) is 0 Å². The molecule has 0 radical (unpaired) electrons. The maximum absolute atomic E-state index is 12.7. The van der Waals surface area contributed by atoms with E-state index in [9.17, 15) is 20.4 Å². The number of rotatable bonds is 0. The quantitative estimate of drug-likeness (QED) is 0.123. The van der Waals surface area contributed by atoms with Crippen molar-refractivity contribution in [2.45, 2.75) is 130 Å². The Morgan fingerprint density at radius 1 is 0.281 bits per heavy atom. The summed E-state index contributed by atoms with van der Waals surface area (Å²) in [7, 11) is 0. The largest absolute Gasteiger partial charge is 0.507 e. The van der Waals surface area contributed by atoms with Crippen molar-refractivity contribution in [3.63, 3.8) is 0 Å². The van der Waals surface area contributed by atoms with E-state index in [0.29, 0.717) is 22.3 Å². The van der Waals surface area contributed by atoms with E-state index in [1.54, 1.807) is 0 Å². The molecule has 4 N–H and O–H groups in total. The van der Waals surface area contributed by atoms with E-state index >= 15 is 0 Å². The summed E-state index contributed by atoms with van der Waals surface area (Å²) >= 11 is 0. The first-order valence-corrected chi connectivity index (χ1v) is 23.0. The predicted octanol–water partition coefficient (Wildman–Crippen LogP) is 15.0. The molecule has 328 valence electrons. The van der Waals surface area contributed by atoms with Gasteiger partial charge in [-0.1, -0.05) is 156 Å². The van der Waals surface area contributed by atoms with Gasteiger partial charge in [-0.05, 0) is 134 Å². The van der Waals surface area contributed by atoms with E-state index in [0.717, 1.165) is 87.6 Å². The molecule has 0 fully saturated rings. The average Bonchev–Trinajstić information content (AvgIpc) is 3.21. The van der Waals surface area contributed by atoms with Gasteiger partial charge >= 0.3 is 0 Å². The summed E-state index contributed by atoms with van der Waals surface area (Å²) in [6.45, 7) is 26.4. The Labute approximate surface area is 379 Å². The van der Waals surface area contributed by atoms with Crippen LogP contribution in [0.25, 0.3) is 43.1 Å². The number of fused-ring (bicyclic) bond motifs is 16. The third kappa shape index (κ3) is 7.53. The van der Waals surface area contributed by atoms with E-state index in [4.69, 9.17) is 0 Å². The van der Waals surface area contributed by atoms with Crippen LogP contribution in [0.3, 0.4) is 0 Å². The Kier molecular flexibility index (Phi) is 9.99. The van der Waals surface area contributed by atoms with Gasteiger partial charge in [-0.25, -0.2) is 0 Å². The Bertz CT molecular complexity index is 2790. The van der Waals surface area contributed by atoms with Crippen LogP contribution in [0.5, 0.6) is 23.0 Å². The zero-order valence-corrected chi connectivity index (χ0v) is 39.9. The highest BCUT2D eigenvalue weighted by Crippen LogP contribution is 2.46. The molecule has 0 saturated carbocycles. The van der Waals surface area contributed by atoms with Crippen molar-refractivity contribution in [1.29, 1.82) is 0 Å². The molecular weight excluding hydrogens is 785 g/mol. The second kappa shape index (κ2) is 14.8. The zero-order chi connectivity index (χ0) is 46.0. The van der Waals surface area contributed by atoms with Gasteiger partial charge in [-0.2, -0.15) is 0 Å². The van der Waals surface area contributed by atoms with Gasteiger partial charge in [0.25, 0.3) is 0 Å². The Morgan fingerprint density at radius 2 is 0.469 bits per heavy atom. The molecule has 0 unspecified atom stereocenters. The van der Waals surface area contributed by atoms with Crippen molar-refractivity contribution in [1.82, 2.24) is 0 Å². The third-order valence-corrected chi connectivity index (χ3v) is 14.1. The number of hydrogen-bond acceptors (Lipinski definition) is 4. The van der Waals surface area contributed by atoms with Crippen LogP contribution < -0.4 is 0 Å². The standard InChI is InChI=1S/C60H64O4/c1-57(2,3)41-17-13-33-21-37-26-50-47-31-43(59(7,8)9)19-15-35(47)23-40(55(50)63)28-52-48-32-44(60(10,11)12)20-16-36(48)24-39(56(52)64)27-51-46-30-42(58(4,5)6)18-14-34(46)22-38(54(51)62)25-49(53(37)61)45(33)29-41/h13-24,29-32,61-64H,25-28H2,1-12H3. The maximum Gasteiger partial charge on any atom is 0.123 e. The molecule has 0 amide bonds. The number of benzene rings is 8. The SMILES string of the molecule is CC(C)(C)c1ccc2cc3c(O)c(c2c1)Cc1cc2ccc(C(C)(C)C)cc2c(c1O)Cc1cc2ccc(C(C)(C)C)cc2c(c1O)Cc1cc2ccc(C(C)(C)C)cc2c(c1O)C3. The molecule has 4 heteroatoms. The molecule has 9 rings (SSSR count). The molecule has 1 aliphatic rings. The summed E-state index contributed by atoms with van der Waals surface area (Å²) in [5, 5.41) is 58.7. The van der Waals surface area contributed by atoms with Gasteiger partial charge in [0.15, 0.2) is 0 Å². The molecule has 0 saturated heterocycles. The van der Waals surface area contributed by atoms with E-state index < -0.39 is 0 Å². The lowest BCUT2D eigenvalue weighted by atomic mass is 9.81. The Hall–Kier alpha value is -6.00. The van der Waals surface area contributed by atoms with Crippen LogP contribution >= 0.6 is 0 Å². The molecule has 8 bridgehead atoms. The van der Waals surface area contributed by atoms with Gasteiger partial charge in [0, 0.05) is 47.9 Å². The summed E-state index contributed by atoms with van der Waals surface area (Å²) in [6.07, 6.45) is 1.08. The maximum atomic E-state index is 12.7. The molecule has 0 aromatic heterocycles. The van der Waals surface area contributed by atoms with Crippen molar-refractivity contribution in [3.05, 3.63) is 164 Å². The van der Waals surface area contributed by atoms with Crippen LogP contribution in [0.2, 0.25) is 0 Å². The number of aromatic hydroxyl groups is 4. The minimum atomic E-state index is -0.137. The minimum Gasteiger partial charge on any atom is -0.507 e. The van der Waals surface area contributed by atoms with Crippen molar-refractivity contribution in [2.75, 3.05) is 0 Å². The first-order valence-electron chi connectivity index (χ1n) is 23.0. The minimum absolute atomic E-state index is 0.137. The molecule has 8 aromatic rings. The lowest BCUT2D eigenvalue weighted by Gasteiger charge is -2.25. The summed E-state index contributed by atoms with van der Waals surface area (Å²) < 4.78 is 0. The van der Waals surface area contributed by atoms with Crippen LogP contribution in [0, 0.1) is 0 Å². The first kappa shape index (κ1) is 43.3. The number of phenolic OH excluding ortho intramolecular Hbond substituents is 4. The van der Waals surface area contributed by atoms with E-state index in [-0.39, 0.29) is 70.3 Å². The first-order chi connectivity index (χ1) is 29.9. The number of phenols is 4. The van der Waals surface area contributed by atoms with Crippen molar-refractivity contribution in [2.24, 2.45) is 0 Å². The lowest BCUT2D eigenvalue weighted by Crippen LogP contribution is -2.11. The molecular formula is C60H64O4. The molecule has 64 heavy (non-hydrogen) atoms. The fourth-order valence-electron chi connectivity index (χ4n) is 9.97. The fourth-order valence-corrected chi connectivity index (χ4v) is 9.97. The van der Waals surface area contributed by atoms with E-state index in [1.807, 2.05) is 0 Å². The predicted molar refractivity (Wildman–Crippen MR) is 268 cm³/mol. The molecule has 0 heterocycles. The highest BCUT2D eigenvalue weighted by atomic mass is 16.3. The summed E-state index contributed by atoms with van der Waals surface area (Å²) in [5.74, 6) is 0.679. The highest BCUT2D eigenvalue weighted by Gasteiger charge is 2.27. The number of hydrogen-bond donors (Lipinski definition) is 4. The molecule has 1 aliphatic carbocycles. The zero-order valence-electron chi connectivity index (χ0n) is 39.9. The van der Waals surface area contributed by atoms with E-state index in [1.165, 1.54) is 0 Å². The summed E-state index contributed by atoms with van der Waals surface area (Å²) in [6, 6.07) is 34.4. The van der Waals surface area contributed by atoms with Gasteiger partial charge in [-0.15, -0.1) is 0 Å². The van der Waals surface area contributed by atoms with Crippen LogP contribution in [0.15, 0.2) is 97.1 Å². The Balaban J connectivity index is 1.42. The van der Waals surface area contributed by atoms with Crippen LogP contribution in [-0.4, -0.2) is 20.4 Å². The van der Waals surface area contributed by atoms with Crippen molar-refractivity contribution >= 4 is 43.1 Å². The van der Waals surface area contributed by atoms with Crippen molar-refractivity contribution in [3.8, 4) is 23.0 Å². The Morgan fingerprint density at radius 3 is 0.641 bits per heavy atom. The second-order valence-corrected chi connectivity index (χ2v) is 22.9. The van der Waals surface area contributed by atoms with Gasteiger partial charge in [0.1, 0.15) is 23.0 Å². The third-order valence-electron chi connectivity index (χ3n) is 14.1. The highest BCUT2D eigenvalue weighted by molar-refractivity contribution is 5.96. The monoisotopic (exact) mass is 848 g/mol. The molecule has 0 atom stereocenters. The summed E-state index contributed by atoms with van der Waals surface area (Å²) in [4.78, 5) is 0. The van der Waals surface area contributed by atoms with E-state index in [2.05, 4.69) is 180 Å². The van der Waals surface area contributed by atoms with Crippen LogP contribution in [-0.2, 0) is 47.3 Å². The lowest BCUT2D eigenvalue weighted by molar-refractivity contribution is 0.452.